The Bertz CT molecular complexity index is 1340. The van der Waals surface area contributed by atoms with Crippen LogP contribution >= 0.6 is 7.82 Å². The lowest BCUT2D eigenvalue weighted by Gasteiger charge is -2.20. The molecule has 0 aromatic carbocycles. The van der Waals surface area contributed by atoms with Gasteiger partial charge in [0.05, 0.1) is 19.8 Å². The highest BCUT2D eigenvalue weighted by Crippen LogP contribution is 2.43. The van der Waals surface area contributed by atoms with Gasteiger partial charge in [-0.2, -0.15) is 0 Å². The van der Waals surface area contributed by atoms with Crippen molar-refractivity contribution in [3.63, 3.8) is 0 Å². The van der Waals surface area contributed by atoms with Crippen molar-refractivity contribution < 1.29 is 47.8 Å². The second-order valence-electron chi connectivity index (χ2n) is 14.0. The van der Waals surface area contributed by atoms with E-state index in [-0.39, 0.29) is 19.4 Å². The summed E-state index contributed by atoms with van der Waals surface area (Å²) in [5.41, 5.74) is 0. The third-order valence-electron chi connectivity index (χ3n) is 8.48. The molecule has 334 valence electrons. The lowest BCUT2D eigenvalue weighted by Crippen LogP contribution is -2.29. The summed E-state index contributed by atoms with van der Waals surface area (Å²) in [6, 6.07) is 0. The summed E-state index contributed by atoms with van der Waals surface area (Å²) in [6.45, 7) is 2.04. The van der Waals surface area contributed by atoms with Gasteiger partial charge in [0.1, 0.15) is 12.7 Å². The zero-order valence-electron chi connectivity index (χ0n) is 36.2. The van der Waals surface area contributed by atoms with Crippen LogP contribution < -0.4 is 0 Å². The van der Waals surface area contributed by atoms with E-state index in [2.05, 4.69) is 103 Å². The van der Waals surface area contributed by atoms with Crippen molar-refractivity contribution in [2.24, 2.45) is 0 Å². The van der Waals surface area contributed by atoms with Crippen LogP contribution in [0.5, 0.6) is 0 Å². The van der Waals surface area contributed by atoms with E-state index in [0.717, 1.165) is 103 Å². The van der Waals surface area contributed by atoms with E-state index in [1.54, 1.807) is 0 Å². The largest absolute Gasteiger partial charge is 0.472 e. The predicted octanol–water partition coefficient (Wildman–Crippen LogP) is 11.8. The molecule has 3 atom stereocenters. The Balaban J connectivity index is 4.35. The van der Waals surface area contributed by atoms with E-state index in [9.17, 15) is 24.2 Å². The fraction of sp³-hybridized carbons (Fsp3) is 0.583. The van der Waals surface area contributed by atoms with E-state index >= 15 is 0 Å². The van der Waals surface area contributed by atoms with Gasteiger partial charge >= 0.3 is 19.8 Å². The van der Waals surface area contributed by atoms with Crippen LogP contribution in [-0.4, -0.2) is 65.7 Å². The van der Waals surface area contributed by atoms with Gasteiger partial charge in [-0.25, -0.2) is 4.57 Å². The van der Waals surface area contributed by atoms with Crippen molar-refractivity contribution in [2.45, 2.75) is 154 Å². The number of esters is 2. The predicted molar refractivity (Wildman–Crippen MR) is 242 cm³/mol. The molecule has 0 saturated heterocycles. The number of allylic oxidation sites excluding steroid dienone is 18. The first kappa shape index (κ1) is 55.6. The summed E-state index contributed by atoms with van der Waals surface area (Å²) in [4.78, 5) is 35.0. The van der Waals surface area contributed by atoms with Crippen LogP contribution in [-0.2, 0) is 32.7 Å². The quantitative estimate of drug-likeness (QED) is 0.0179. The van der Waals surface area contributed by atoms with Crippen LogP contribution in [0.3, 0.4) is 0 Å². The highest BCUT2D eigenvalue weighted by atomic mass is 31.2. The first-order chi connectivity index (χ1) is 28.7. The molecule has 0 spiro atoms. The van der Waals surface area contributed by atoms with E-state index in [4.69, 9.17) is 19.1 Å². The van der Waals surface area contributed by atoms with Crippen molar-refractivity contribution in [1.82, 2.24) is 0 Å². The Kier molecular flexibility index (Phi) is 40.3. The van der Waals surface area contributed by atoms with Crippen LogP contribution in [0.25, 0.3) is 0 Å². The normalized spacial score (nSPS) is 14.9. The average molecular weight is 845 g/mol. The number of carbonyl (C=O) groups excluding carboxylic acids is 2. The third kappa shape index (κ3) is 42.6. The average Bonchev–Trinajstić information content (AvgIpc) is 3.22. The molecule has 2 unspecified atom stereocenters. The van der Waals surface area contributed by atoms with Crippen molar-refractivity contribution >= 4 is 19.8 Å². The van der Waals surface area contributed by atoms with E-state index in [1.807, 2.05) is 24.3 Å². The number of hydrogen-bond acceptors (Lipinski definition) is 9. The SMILES string of the molecule is CC/C=C/C=C/C=C/CCCCCCCC(=O)OC(COC(=O)CCCCCC/C=C/C/C=C/C/C=C/C/C=C/C/C=C/C/C=C/CC)COP(=O)(O)OC[C@H](O)CO. The highest BCUT2D eigenvalue weighted by molar-refractivity contribution is 7.47. The number of carbonyl (C=O) groups is 2. The van der Waals surface area contributed by atoms with Crippen LogP contribution in [0.1, 0.15) is 142 Å². The number of unbranched alkanes of at least 4 members (excludes halogenated alkanes) is 9. The number of aliphatic hydroxyl groups is 2. The topological polar surface area (TPSA) is 149 Å². The fourth-order valence-electron chi connectivity index (χ4n) is 5.17. The van der Waals surface area contributed by atoms with Crippen molar-refractivity contribution in [1.29, 1.82) is 0 Å². The zero-order valence-corrected chi connectivity index (χ0v) is 37.1. The molecule has 0 saturated carbocycles. The van der Waals surface area contributed by atoms with Gasteiger partial charge in [0, 0.05) is 12.8 Å². The van der Waals surface area contributed by atoms with E-state index in [1.165, 1.54) is 0 Å². The Morgan fingerprint density at radius 2 is 0.966 bits per heavy atom. The molecule has 59 heavy (non-hydrogen) atoms. The standard InChI is InChI=1S/C48H77O10P/c1-3-5-7-9-11-13-15-17-18-19-20-21-22-23-24-25-26-28-29-31-33-35-37-39-47(51)55-43-46(44-57-59(53,54)56-42-45(50)41-49)58-48(52)40-38-36-34-32-30-27-16-14-12-10-8-6-4-2/h5-8,10-14,16-18,20-21,23-24,26,28,45-46,49-50H,3-4,9,15,19,22,25,27,29-44H2,1-2H3,(H,53,54)/b7-5+,8-6+,12-10+,13-11+,16-14+,18-17+,21-20+,24-23+,28-26+/t45-,46?/m1/s1. The fourth-order valence-corrected chi connectivity index (χ4v) is 5.96. The summed E-state index contributed by atoms with van der Waals surface area (Å²) < 4.78 is 32.7. The van der Waals surface area contributed by atoms with Gasteiger partial charge in [0.2, 0.25) is 0 Å². The number of aliphatic hydroxyl groups excluding tert-OH is 2. The second kappa shape index (κ2) is 42.7. The maximum absolute atomic E-state index is 12.6. The highest BCUT2D eigenvalue weighted by Gasteiger charge is 2.27. The molecule has 0 rings (SSSR count). The molecule has 0 amide bonds. The smallest absolute Gasteiger partial charge is 0.462 e. The van der Waals surface area contributed by atoms with Gasteiger partial charge < -0.3 is 24.6 Å². The van der Waals surface area contributed by atoms with Gasteiger partial charge in [-0.3, -0.25) is 18.6 Å². The minimum Gasteiger partial charge on any atom is -0.462 e. The molecule has 0 aromatic heterocycles. The molecule has 0 aliphatic heterocycles. The Morgan fingerprint density at radius 3 is 1.51 bits per heavy atom. The van der Waals surface area contributed by atoms with Crippen molar-refractivity contribution in [2.75, 3.05) is 26.4 Å². The van der Waals surface area contributed by atoms with Crippen molar-refractivity contribution in [3.05, 3.63) is 109 Å². The number of hydrogen-bond donors (Lipinski definition) is 3. The van der Waals surface area contributed by atoms with Gasteiger partial charge in [-0.05, 0) is 83.5 Å². The second-order valence-corrected chi connectivity index (χ2v) is 15.5. The molecule has 0 aliphatic rings. The van der Waals surface area contributed by atoms with Crippen LogP contribution in [0, 0.1) is 0 Å². The summed E-state index contributed by atoms with van der Waals surface area (Å²) in [7, 11) is -4.64. The van der Waals surface area contributed by atoms with Gasteiger partial charge in [0.15, 0.2) is 6.10 Å². The maximum Gasteiger partial charge on any atom is 0.472 e. The summed E-state index contributed by atoms with van der Waals surface area (Å²) >= 11 is 0. The molecule has 0 radical (unpaired) electrons. The lowest BCUT2D eigenvalue weighted by atomic mass is 10.1. The van der Waals surface area contributed by atoms with Gasteiger partial charge in [0.25, 0.3) is 0 Å². The van der Waals surface area contributed by atoms with Crippen LogP contribution in [0.15, 0.2) is 109 Å². The molecule has 3 N–H and O–H groups in total. The maximum atomic E-state index is 12.6. The monoisotopic (exact) mass is 845 g/mol. The molecular formula is C48H77O10P. The number of phosphoric ester groups is 1. The Hall–Kier alpha value is -3.37. The van der Waals surface area contributed by atoms with Crippen molar-refractivity contribution in [3.8, 4) is 0 Å². The number of ether oxygens (including phenoxy) is 2. The Morgan fingerprint density at radius 1 is 0.525 bits per heavy atom. The first-order valence-electron chi connectivity index (χ1n) is 21.9. The minimum absolute atomic E-state index is 0.148. The molecule has 0 aliphatic carbocycles. The number of phosphoric acid groups is 1. The molecular weight excluding hydrogens is 767 g/mol. The van der Waals surface area contributed by atoms with Crippen LogP contribution in [0.2, 0.25) is 0 Å². The number of rotatable bonds is 39. The Labute approximate surface area is 356 Å². The molecule has 10 nitrogen and oxygen atoms in total. The summed E-state index contributed by atoms with van der Waals surface area (Å²) in [6.07, 6.45) is 53.4. The van der Waals surface area contributed by atoms with Gasteiger partial charge in [-0.1, -0.05) is 155 Å². The van der Waals surface area contributed by atoms with Gasteiger partial charge in [-0.15, -0.1) is 0 Å². The molecule has 11 heteroatoms. The minimum atomic E-state index is -4.64. The molecule has 0 fully saturated rings. The molecule has 0 heterocycles. The summed E-state index contributed by atoms with van der Waals surface area (Å²) in [5, 5.41) is 18.3. The van der Waals surface area contributed by atoms with Crippen LogP contribution in [0.4, 0.5) is 0 Å². The first-order valence-corrected chi connectivity index (χ1v) is 23.4. The third-order valence-corrected chi connectivity index (χ3v) is 9.43. The molecule has 0 aromatic rings. The van der Waals surface area contributed by atoms with E-state index < -0.39 is 51.8 Å². The summed E-state index contributed by atoms with van der Waals surface area (Å²) in [5.74, 6) is -0.991. The molecule has 0 bridgehead atoms. The lowest BCUT2D eigenvalue weighted by molar-refractivity contribution is -0.161. The zero-order chi connectivity index (χ0) is 43.3. The van der Waals surface area contributed by atoms with E-state index in [0.29, 0.717) is 12.8 Å².